The molecule has 2 N–H and O–H groups in total. The van der Waals surface area contributed by atoms with Gasteiger partial charge >= 0.3 is 0 Å². The molecule has 4 nitrogen and oxygen atoms in total. The largest absolute Gasteiger partial charge is 0.325 e. The molecule has 2 rings (SSSR count). The van der Waals surface area contributed by atoms with Gasteiger partial charge in [0.05, 0.1) is 11.4 Å². The maximum atomic E-state index is 11.8. The van der Waals surface area contributed by atoms with Crippen LogP contribution in [0, 0.1) is 6.92 Å². The Balaban J connectivity index is 1.76. The molecule has 1 atom stereocenters. The van der Waals surface area contributed by atoms with E-state index in [1.807, 2.05) is 19.1 Å². The van der Waals surface area contributed by atoms with Crippen molar-refractivity contribution in [1.82, 2.24) is 10.3 Å². The van der Waals surface area contributed by atoms with Crippen molar-refractivity contribution in [1.29, 1.82) is 0 Å². The van der Waals surface area contributed by atoms with E-state index in [9.17, 15) is 4.79 Å². The van der Waals surface area contributed by atoms with Gasteiger partial charge in [0.25, 0.3) is 0 Å². The van der Waals surface area contributed by atoms with Gasteiger partial charge in [-0.1, -0.05) is 6.42 Å². The van der Waals surface area contributed by atoms with E-state index in [1.165, 1.54) is 19.3 Å². The summed E-state index contributed by atoms with van der Waals surface area (Å²) >= 11 is 0. The van der Waals surface area contributed by atoms with Crippen LogP contribution < -0.4 is 10.6 Å². The maximum Gasteiger partial charge on any atom is 0.224 e. The molecule has 0 aromatic carbocycles. The van der Waals surface area contributed by atoms with E-state index >= 15 is 0 Å². The molecule has 1 amide bonds. The monoisotopic (exact) mass is 247 g/mol. The van der Waals surface area contributed by atoms with Crippen LogP contribution >= 0.6 is 0 Å². The predicted octanol–water partition coefficient (Wildman–Crippen LogP) is 2.25. The highest BCUT2D eigenvalue weighted by atomic mass is 16.1. The van der Waals surface area contributed by atoms with Crippen molar-refractivity contribution >= 4 is 11.6 Å². The Kier molecular flexibility index (Phi) is 4.70. The molecule has 1 unspecified atom stereocenters. The van der Waals surface area contributed by atoms with Gasteiger partial charge < -0.3 is 10.6 Å². The fraction of sp³-hybridized carbons (Fsp3) is 0.571. The van der Waals surface area contributed by atoms with Gasteiger partial charge in [0.1, 0.15) is 0 Å². The summed E-state index contributed by atoms with van der Waals surface area (Å²) in [5, 5.41) is 6.38. The SMILES string of the molecule is Cc1ncccc1NC(=O)CCC1CCCCN1. The minimum atomic E-state index is 0.0819. The number of carbonyl (C=O) groups is 1. The van der Waals surface area contributed by atoms with E-state index in [2.05, 4.69) is 15.6 Å². The van der Waals surface area contributed by atoms with Crippen LogP contribution in [0.4, 0.5) is 5.69 Å². The molecule has 1 aromatic heterocycles. The molecule has 18 heavy (non-hydrogen) atoms. The van der Waals surface area contributed by atoms with Crippen LogP contribution in [0.5, 0.6) is 0 Å². The fourth-order valence-corrected chi connectivity index (χ4v) is 2.30. The van der Waals surface area contributed by atoms with Gasteiger partial charge in [-0.05, 0) is 44.9 Å². The van der Waals surface area contributed by atoms with Crippen LogP contribution in [0.3, 0.4) is 0 Å². The molecular weight excluding hydrogens is 226 g/mol. The van der Waals surface area contributed by atoms with E-state index < -0.39 is 0 Å². The molecule has 4 heteroatoms. The number of hydrogen-bond acceptors (Lipinski definition) is 3. The number of aromatic nitrogens is 1. The van der Waals surface area contributed by atoms with E-state index in [0.29, 0.717) is 12.5 Å². The van der Waals surface area contributed by atoms with Crippen molar-refractivity contribution in [3.8, 4) is 0 Å². The van der Waals surface area contributed by atoms with Crippen LogP contribution in [-0.2, 0) is 4.79 Å². The first-order chi connectivity index (χ1) is 8.75. The molecule has 1 aliphatic heterocycles. The number of nitrogens with zero attached hydrogens (tertiary/aromatic N) is 1. The Morgan fingerprint density at radius 2 is 2.44 bits per heavy atom. The number of piperidine rings is 1. The first kappa shape index (κ1) is 13.0. The van der Waals surface area contributed by atoms with Crippen molar-refractivity contribution in [2.45, 2.75) is 45.1 Å². The van der Waals surface area contributed by atoms with Gasteiger partial charge in [0.2, 0.25) is 5.91 Å². The summed E-state index contributed by atoms with van der Waals surface area (Å²) < 4.78 is 0. The van der Waals surface area contributed by atoms with Gasteiger partial charge in [-0.15, -0.1) is 0 Å². The molecule has 1 saturated heterocycles. The number of anilines is 1. The Bertz CT molecular complexity index is 400. The highest BCUT2D eigenvalue weighted by Crippen LogP contribution is 2.14. The normalized spacial score (nSPS) is 19.5. The summed E-state index contributed by atoms with van der Waals surface area (Å²) in [4.78, 5) is 16.0. The number of pyridine rings is 1. The van der Waals surface area contributed by atoms with E-state index in [-0.39, 0.29) is 5.91 Å². The molecule has 0 saturated carbocycles. The lowest BCUT2D eigenvalue weighted by molar-refractivity contribution is -0.116. The predicted molar refractivity (Wildman–Crippen MR) is 72.5 cm³/mol. The van der Waals surface area contributed by atoms with Crippen molar-refractivity contribution < 1.29 is 4.79 Å². The van der Waals surface area contributed by atoms with Crippen LogP contribution in [0.25, 0.3) is 0 Å². The Labute approximate surface area is 108 Å². The van der Waals surface area contributed by atoms with Crippen LogP contribution in [-0.4, -0.2) is 23.5 Å². The lowest BCUT2D eigenvalue weighted by Gasteiger charge is -2.23. The Morgan fingerprint density at radius 1 is 1.56 bits per heavy atom. The van der Waals surface area contributed by atoms with E-state index in [1.54, 1.807) is 6.20 Å². The van der Waals surface area contributed by atoms with Gasteiger partial charge in [-0.25, -0.2) is 0 Å². The third-order valence-corrected chi connectivity index (χ3v) is 3.41. The van der Waals surface area contributed by atoms with Crippen molar-refractivity contribution in [3.63, 3.8) is 0 Å². The molecule has 1 aromatic rings. The van der Waals surface area contributed by atoms with Gasteiger partial charge in [0, 0.05) is 18.7 Å². The molecule has 2 heterocycles. The molecule has 1 aliphatic rings. The third kappa shape index (κ3) is 3.81. The molecule has 0 spiro atoms. The minimum Gasteiger partial charge on any atom is -0.325 e. The number of nitrogens with one attached hydrogen (secondary N) is 2. The summed E-state index contributed by atoms with van der Waals surface area (Å²) in [6.07, 6.45) is 6.96. The lowest BCUT2D eigenvalue weighted by atomic mass is 10.0. The zero-order valence-corrected chi connectivity index (χ0v) is 10.9. The number of amides is 1. The van der Waals surface area contributed by atoms with Crippen molar-refractivity contribution in [2.24, 2.45) is 0 Å². The average molecular weight is 247 g/mol. The smallest absolute Gasteiger partial charge is 0.224 e. The lowest BCUT2D eigenvalue weighted by Crippen LogP contribution is -2.34. The Morgan fingerprint density at radius 3 is 3.17 bits per heavy atom. The molecular formula is C14H21N3O. The zero-order chi connectivity index (χ0) is 12.8. The van der Waals surface area contributed by atoms with Gasteiger partial charge in [-0.2, -0.15) is 0 Å². The molecule has 98 valence electrons. The first-order valence-corrected chi connectivity index (χ1v) is 6.70. The third-order valence-electron chi connectivity index (χ3n) is 3.41. The van der Waals surface area contributed by atoms with Gasteiger partial charge in [0.15, 0.2) is 0 Å². The summed E-state index contributed by atoms with van der Waals surface area (Å²) in [6, 6.07) is 4.24. The van der Waals surface area contributed by atoms with Crippen molar-refractivity contribution in [2.75, 3.05) is 11.9 Å². The molecule has 1 fully saturated rings. The fourth-order valence-electron chi connectivity index (χ4n) is 2.30. The second kappa shape index (κ2) is 6.50. The van der Waals surface area contributed by atoms with Crippen LogP contribution in [0.2, 0.25) is 0 Å². The zero-order valence-electron chi connectivity index (χ0n) is 10.9. The topological polar surface area (TPSA) is 54.0 Å². The van der Waals surface area contributed by atoms with E-state index in [4.69, 9.17) is 0 Å². The van der Waals surface area contributed by atoms with Gasteiger partial charge in [-0.3, -0.25) is 9.78 Å². The summed E-state index contributed by atoms with van der Waals surface area (Å²) in [5.74, 6) is 0.0819. The summed E-state index contributed by atoms with van der Waals surface area (Å²) in [6.45, 7) is 2.99. The molecule has 0 aliphatic carbocycles. The van der Waals surface area contributed by atoms with E-state index in [0.717, 1.165) is 24.3 Å². The summed E-state index contributed by atoms with van der Waals surface area (Å²) in [5.41, 5.74) is 1.68. The number of rotatable bonds is 4. The first-order valence-electron chi connectivity index (χ1n) is 6.70. The highest BCUT2D eigenvalue weighted by molar-refractivity contribution is 5.91. The number of hydrogen-bond donors (Lipinski definition) is 2. The maximum absolute atomic E-state index is 11.8. The number of aryl methyl sites for hydroxylation is 1. The second-order valence-electron chi connectivity index (χ2n) is 4.87. The Hall–Kier alpha value is -1.42. The second-order valence-corrected chi connectivity index (χ2v) is 4.87. The van der Waals surface area contributed by atoms with Crippen LogP contribution in [0.15, 0.2) is 18.3 Å². The molecule has 0 bridgehead atoms. The number of carbonyl (C=O) groups excluding carboxylic acids is 1. The van der Waals surface area contributed by atoms with Crippen molar-refractivity contribution in [3.05, 3.63) is 24.0 Å². The highest BCUT2D eigenvalue weighted by Gasteiger charge is 2.14. The summed E-state index contributed by atoms with van der Waals surface area (Å²) in [7, 11) is 0. The standard InChI is InChI=1S/C14H21N3O/c1-11-13(6-4-10-15-11)17-14(18)8-7-12-5-2-3-9-16-12/h4,6,10,12,16H,2-3,5,7-9H2,1H3,(H,17,18). The average Bonchev–Trinajstić information content (AvgIpc) is 2.40. The molecule has 0 radical (unpaired) electrons. The quantitative estimate of drug-likeness (QED) is 0.858. The minimum absolute atomic E-state index is 0.0819. The van der Waals surface area contributed by atoms with Crippen LogP contribution in [0.1, 0.15) is 37.8 Å².